The average molecular weight is 477 g/mol. The molecule has 2 aromatic carbocycles. The molecule has 31 heavy (non-hydrogen) atoms. The number of hydrazone groups is 1. The fourth-order valence-corrected chi connectivity index (χ4v) is 3.19. The maximum atomic E-state index is 12.6. The molecule has 2 aromatic rings. The number of rotatable bonds is 5. The number of anilines is 1. The van der Waals surface area contributed by atoms with Gasteiger partial charge in [-0.3, -0.25) is 19.5 Å². The van der Waals surface area contributed by atoms with Gasteiger partial charge in [-0.15, -0.1) is 0 Å². The molecule has 0 aromatic heterocycles. The fraction of sp³-hybridized carbons (Fsp3) is 0.125. The van der Waals surface area contributed by atoms with Crippen LogP contribution in [0.1, 0.15) is 6.92 Å². The molecule has 157 valence electrons. The molecular formula is C16H12ClN5NaO7S. The van der Waals surface area contributed by atoms with Gasteiger partial charge in [-0.05, 0) is 31.2 Å². The molecule has 0 bridgehead atoms. The zero-order valence-corrected chi connectivity index (χ0v) is 19.6. The van der Waals surface area contributed by atoms with Gasteiger partial charge >= 0.3 is 0 Å². The van der Waals surface area contributed by atoms with Crippen molar-refractivity contribution in [3.8, 4) is 5.75 Å². The smallest absolute Gasteiger partial charge is 0.294 e. The first-order valence-corrected chi connectivity index (χ1v) is 9.85. The molecule has 15 heteroatoms. The van der Waals surface area contributed by atoms with E-state index in [9.17, 15) is 28.4 Å². The van der Waals surface area contributed by atoms with Crippen LogP contribution in [0.3, 0.4) is 0 Å². The number of azo groups is 1. The molecule has 0 saturated carbocycles. The number of carbonyl (C=O) groups excluding carboxylic acids is 1. The average Bonchev–Trinajstić information content (AvgIpc) is 2.96. The Morgan fingerprint density at radius 3 is 2.42 bits per heavy atom. The summed E-state index contributed by atoms with van der Waals surface area (Å²) in [6.07, 6.45) is 0. The SMILES string of the molecule is CC1=NN(c2ccc(S(=O)(=O)O)cc2)C(=O)C1N=Nc1cc([N+](=O)[O-])cc(Cl)c1O.[Na]. The molecule has 1 radical (unpaired) electrons. The Morgan fingerprint density at radius 1 is 1.26 bits per heavy atom. The van der Waals surface area contributed by atoms with Crippen LogP contribution in [0.4, 0.5) is 17.1 Å². The number of amides is 1. The van der Waals surface area contributed by atoms with E-state index >= 15 is 0 Å². The van der Waals surface area contributed by atoms with Crippen molar-refractivity contribution in [1.82, 2.24) is 0 Å². The minimum atomic E-state index is -4.39. The topological polar surface area (TPSA) is 175 Å². The van der Waals surface area contributed by atoms with E-state index in [0.29, 0.717) is 0 Å². The Morgan fingerprint density at radius 2 is 1.87 bits per heavy atom. The number of carbonyl (C=O) groups is 1. The van der Waals surface area contributed by atoms with E-state index < -0.39 is 38.4 Å². The monoisotopic (exact) mass is 476 g/mol. The van der Waals surface area contributed by atoms with E-state index in [4.69, 9.17) is 16.2 Å². The van der Waals surface area contributed by atoms with Crippen LogP contribution in [0.15, 0.2) is 56.6 Å². The second-order valence-corrected chi connectivity index (χ2v) is 7.86. The molecule has 0 spiro atoms. The van der Waals surface area contributed by atoms with Crippen LogP contribution in [-0.4, -0.2) is 70.2 Å². The van der Waals surface area contributed by atoms with Gasteiger partial charge in [-0.2, -0.15) is 28.8 Å². The van der Waals surface area contributed by atoms with E-state index in [1.54, 1.807) is 0 Å². The Balaban J connectivity index is 0.00000341. The number of nitro groups is 1. The molecule has 1 atom stereocenters. The summed E-state index contributed by atoms with van der Waals surface area (Å²) in [5.74, 6) is -1.17. The van der Waals surface area contributed by atoms with Gasteiger partial charge in [0.05, 0.1) is 26.2 Å². The summed E-state index contributed by atoms with van der Waals surface area (Å²) in [7, 11) is -4.39. The van der Waals surface area contributed by atoms with Gasteiger partial charge in [0.25, 0.3) is 21.7 Å². The number of aromatic hydroxyl groups is 1. The Hall–Kier alpha value is -2.42. The number of hydrogen-bond donors (Lipinski definition) is 2. The molecule has 3 rings (SSSR count). The third-order valence-corrected chi connectivity index (χ3v) is 5.15. The van der Waals surface area contributed by atoms with Crippen molar-refractivity contribution in [2.75, 3.05) is 5.01 Å². The van der Waals surface area contributed by atoms with Gasteiger partial charge in [-0.1, -0.05) is 11.6 Å². The molecule has 2 N–H and O–H groups in total. The number of phenols is 1. The number of halogens is 1. The van der Waals surface area contributed by atoms with Crippen LogP contribution in [-0.2, 0) is 14.9 Å². The zero-order valence-electron chi connectivity index (χ0n) is 16.0. The second-order valence-electron chi connectivity index (χ2n) is 6.03. The molecule has 0 saturated heterocycles. The third kappa shape index (κ3) is 5.26. The van der Waals surface area contributed by atoms with Crippen LogP contribution in [0.5, 0.6) is 5.75 Å². The van der Waals surface area contributed by atoms with Crippen LogP contribution in [0.25, 0.3) is 0 Å². The first kappa shape index (κ1) is 24.8. The fourth-order valence-electron chi connectivity index (χ4n) is 2.51. The quantitative estimate of drug-likeness (QED) is 0.219. The summed E-state index contributed by atoms with van der Waals surface area (Å²) in [5.41, 5.74) is -0.273. The predicted octanol–water partition coefficient (Wildman–Crippen LogP) is 2.69. The predicted molar refractivity (Wildman–Crippen MR) is 111 cm³/mol. The summed E-state index contributed by atoms with van der Waals surface area (Å²) >= 11 is 5.75. The minimum Gasteiger partial charge on any atom is -0.504 e. The molecule has 1 unspecified atom stereocenters. The molecule has 1 aliphatic heterocycles. The van der Waals surface area contributed by atoms with E-state index in [1.807, 2.05) is 0 Å². The van der Waals surface area contributed by atoms with Crippen LogP contribution < -0.4 is 5.01 Å². The number of phenolic OH excluding ortho intramolecular Hbond substituents is 1. The summed E-state index contributed by atoms with van der Waals surface area (Å²) in [6, 6.07) is 5.45. The van der Waals surface area contributed by atoms with Crippen molar-refractivity contribution < 1.29 is 27.8 Å². The summed E-state index contributed by atoms with van der Waals surface area (Å²) in [6.45, 7) is 1.49. The van der Waals surface area contributed by atoms with Crippen molar-refractivity contribution in [3.63, 3.8) is 0 Å². The second kappa shape index (κ2) is 9.38. The normalized spacial score (nSPS) is 16.4. The minimum absolute atomic E-state index is 0. The first-order chi connectivity index (χ1) is 14.0. The molecule has 12 nitrogen and oxygen atoms in total. The molecule has 0 aliphatic carbocycles. The van der Waals surface area contributed by atoms with E-state index in [1.165, 1.54) is 19.1 Å². The van der Waals surface area contributed by atoms with Gasteiger partial charge in [-0.25, -0.2) is 0 Å². The van der Waals surface area contributed by atoms with Gasteiger partial charge < -0.3 is 5.11 Å². The van der Waals surface area contributed by atoms with Crippen molar-refractivity contribution >= 4 is 80.0 Å². The molecule has 0 fully saturated rings. The zero-order chi connectivity index (χ0) is 22.2. The van der Waals surface area contributed by atoms with Crippen molar-refractivity contribution in [3.05, 3.63) is 51.5 Å². The molecule has 1 amide bonds. The Bertz CT molecular complexity index is 1220. The molecular weight excluding hydrogens is 465 g/mol. The standard InChI is InChI=1S/C16H12ClN5O7S.Na/c1-8-14(19-18-13-7-10(22(25)26)6-12(17)15(13)23)16(24)21(20-8)9-2-4-11(5-3-9)30(27,28)29;/h2-7,14,23H,1H3,(H,27,28,29);. The van der Waals surface area contributed by atoms with E-state index in [-0.39, 0.29) is 56.6 Å². The number of nitro benzene ring substituents is 1. The Labute approximate surface area is 202 Å². The summed E-state index contributed by atoms with van der Waals surface area (Å²) < 4.78 is 31.3. The van der Waals surface area contributed by atoms with Crippen LogP contribution in [0.2, 0.25) is 5.02 Å². The largest absolute Gasteiger partial charge is 0.504 e. The van der Waals surface area contributed by atoms with Gasteiger partial charge in [0.1, 0.15) is 5.69 Å². The van der Waals surface area contributed by atoms with Gasteiger partial charge in [0, 0.05) is 41.7 Å². The number of benzene rings is 2. The maximum absolute atomic E-state index is 12.6. The summed E-state index contributed by atoms with van der Waals surface area (Å²) in [4.78, 5) is 22.5. The number of non-ortho nitro benzene ring substituents is 1. The van der Waals surface area contributed by atoms with Gasteiger partial charge in [0.15, 0.2) is 11.8 Å². The number of hydrogen-bond acceptors (Lipinski definition) is 9. The van der Waals surface area contributed by atoms with Crippen molar-refractivity contribution in [1.29, 1.82) is 0 Å². The van der Waals surface area contributed by atoms with Crippen molar-refractivity contribution in [2.45, 2.75) is 17.9 Å². The first-order valence-electron chi connectivity index (χ1n) is 8.03. The van der Waals surface area contributed by atoms with Crippen molar-refractivity contribution in [2.24, 2.45) is 15.3 Å². The molecule has 1 aliphatic rings. The molecule has 1 heterocycles. The summed E-state index contributed by atoms with van der Waals surface area (Å²) in [5, 5.41) is 33.1. The third-order valence-electron chi connectivity index (χ3n) is 4.00. The van der Waals surface area contributed by atoms with Crippen LogP contribution >= 0.6 is 11.6 Å². The van der Waals surface area contributed by atoms with Crippen LogP contribution in [0, 0.1) is 10.1 Å². The van der Waals surface area contributed by atoms with Gasteiger partial charge in [0.2, 0.25) is 0 Å². The van der Waals surface area contributed by atoms with E-state index in [0.717, 1.165) is 29.3 Å². The maximum Gasteiger partial charge on any atom is 0.294 e. The van der Waals surface area contributed by atoms with E-state index in [2.05, 4.69) is 15.3 Å². The Kier molecular flexibility index (Phi) is 7.52. The number of nitrogens with zero attached hydrogens (tertiary/aromatic N) is 5.